The zero-order chi connectivity index (χ0) is 23.4. The number of ketones is 1. The number of thiophene rings is 1. The lowest BCUT2D eigenvalue weighted by molar-refractivity contribution is 0.105. The lowest BCUT2D eigenvalue weighted by Gasteiger charge is -2.08. The monoisotopic (exact) mass is 472 g/mol. The predicted octanol–water partition coefficient (Wildman–Crippen LogP) is 6.96. The molecular formula is C25H16F4O3S. The Morgan fingerprint density at radius 2 is 1.67 bits per heavy atom. The second kappa shape index (κ2) is 9.87. The molecule has 2 heterocycles. The molecule has 0 amide bonds. The largest absolute Gasteiger partial charge is 0.479 e. The van der Waals surface area contributed by atoms with E-state index in [1.807, 2.05) is 36.4 Å². The lowest BCUT2D eigenvalue weighted by Crippen LogP contribution is -2.03. The number of allylic oxidation sites excluding steroid dienone is 1. The van der Waals surface area contributed by atoms with E-state index in [1.54, 1.807) is 6.07 Å². The smallest absolute Gasteiger partial charge is 0.203 e. The van der Waals surface area contributed by atoms with E-state index in [4.69, 9.17) is 9.15 Å². The number of carbonyl (C=O) groups excluding carboxylic acids is 1. The molecule has 0 spiro atoms. The molecule has 4 aromatic rings. The summed E-state index contributed by atoms with van der Waals surface area (Å²) in [5.74, 6) is -7.31. The van der Waals surface area contributed by atoms with E-state index < -0.39 is 35.6 Å². The first-order valence-electron chi connectivity index (χ1n) is 9.80. The number of furan rings is 1. The molecule has 0 atom stereocenters. The minimum Gasteiger partial charge on any atom is -0.479 e. The molecule has 0 aliphatic heterocycles. The van der Waals surface area contributed by atoms with Crippen molar-refractivity contribution < 1.29 is 31.5 Å². The van der Waals surface area contributed by atoms with Gasteiger partial charge < -0.3 is 9.15 Å². The van der Waals surface area contributed by atoms with Gasteiger partial charge in [0.2, 0.25) is 11.6 Å². The van der Waals surface area contributed by atoms with Crippen LogP contribution in [0, 0.1) is 23.3 Å². The fraction of sp³-hybridized carbons (Fsp3) is 0.0800. The summed E-state index contributed by atoms with van der Waals surface area (Å²) in [6.07, 6.45) is 3.54. The molecule has 0 aliphatic rings. The fourth-order valence-corrected chi connectivity index (χ4v) is 3.99. The first-order chi connectivity index (χ1) is 15.9. The molecule has 168 valence electrons. The van der Waals surface area contributed by atoms with Crippen molar-refractivity contribution >= 4 is 23.2 Å². The highest BCUT2D eigenvalue weighted by Crippen LogP contribution is 2.27. The second-order valence-corrected chi connectivity index (χ2v) is 8.18. The Hall–Kier alpha value is -3.65. The zero-order valence-electron chi connectivity index (χ0n) is 17.0. The average molecular weight is 472 g/mol. The van der Waals surface area contributed by atoms with Crippen molar-refractivity contribution in [1.29, 1.82) is 0 Å². The summed E-state index contributed by atoms with van der Waals surface area (Å²) in [6, 6.07) is 16.7. The zero-order valence-corrected chi connectivity index (χ0v) is 17.8. The summed E-state index contributed by atoms with van der Waals surface area (Å²) >= 11 is 1.40. The van der Waals surface area contributed by atoms with E-state index >= 15 is 0 Å². The maximum atomic E-state index is 13.7. The molecule has 0 fully saturated rings. The van der Waals surface area contributed by atoms with Crippen LogP contribution in [0.15, 0.2) is 71.2 Å². The van der Waals surface area contributed by atoms with E-state index in [-0.39, 0.29) is 17.6 Å². The molecule has 0 radical (unpaired) electrons. The third-order valence-corrected chi connectivity index (χ3v) is 5.74. The Morgan fingerprint density at radius 3 is 2.39 bits per heavy atom. The van der Waals surface area contributed by atoms with Gasteiger partial charge in [-0.1, -0.05) is 30.3 Å². The highest BCUT2D eigenvalue weighted by molar-refractivity contribution is 7.14. The number of benzene rings is 2. The van der Waals surface area contributed by atoms with Crippen LogP contribution in [0.2, 0.25) is 0 Å². The van der Waals surface area contributed by atoms with Gasteiger partial charge in [-0.05, 0) is 42.0 Å². The molecular weight excluding hydrogens is 456 g/mol. The van der Waals surface area contributed by atoms with Crippen LogP contribution in [-0.4, -0.2) is 5.78 Å². The SMILES string of the molecule is O=C(/C=C/c1ccc(COc2c(F)c(F)cc(F)c2F)o1)c1ccc(Cc2ccccc2)s1. The summed E-state index contributed by atoms with van der Waals surface area (Å²) in [5.41, 5.74) is 1.15. The van der Waals surface area contributed by atoms with Gasteiger partial charge >= 0.3 is 0 Å². The number of hydrogen-bond donors (Lipinski definition) is 0. The molecule has 0 unspecified atom stereocenters. The number of hydrogen-bond acceptors (Lipinski definition) is 4. The van der Waals surface area contributed by atoms with Crippen molar-refractivity contribution in [2.24, 2.45) is 0 Å². The van der Waals surface area contributed by atoms with Crippen LogP contribution in [0.4, 0.5) is 17.6 Å². The molecule has 0 bridgehead atoms. The van der Waals surface area contributed by atoms with Gasteiger partial charge in [-0.15, -0.1) is 11.3 Å². The maximum Gasteiger partial charge on any atom is 0.203 e. The highest BCUT2D eigenvalue weighted by Gasteiger charge is 2.21. The van der Waals surface area contributed by atoms with E-state index in [0.717, 1.165) is 16.9 Å². The van der Waals surface area contributed by atoms with Gasteiger partial charge in [0.25, 0.3) is 0 Å². The molecule has 3 nitrogen and oxygen atoms in total. The average Bonchev–Trinajstić information content (AvgIpc) is 3.46. The molecule has 0 saturated carbocycles. The lowest BCUT2D eigenvalue weighted by atomic mass is 10.1. The van der Waals surface area contributed by atoms with Gasteiger partial charge in [-0.2, -0.15) is 8.78 Å². The van der Waals surface area contributed by atoms with Crippen LogP contribution in [0.25, 0.3) is 6.08 Å². The van der Waals surface area contributed by atoms with E-state index in [9.17, 15) is 22.4 Å². The Kier molecular flexibility index (Phi) is 6.74. The molecule has 33 heavy (non-hydrogen) atoms. The Bertz CT molecular complexity index is 1280. The van der Waals surface area contributed by atoms with E-state index in [2.05, 4.69) is 0 Å². The van der Waals surface area contributed by atoms with Crippen LogP contribution in [0.3, 0.4) is 0 Å². The van der Waals surface area contributed by atoms with Crippen molar-refractivity contribution in [1.82, 2.24) is 0 Å². The first-order valence-corrected chi connectivity index (χ1v) is 10.6. The summed E-state index contributed by atoms with van der Waals surface area (Å²) in [5, 5.41) is 0. The Balaban J connectivity index is 1.37. The topological polar surface area (TPSA) is 39.4 Å². The van der Waals surface area contributed by atoms with Gasteiger partial charge in [0.15, 0.2) is 23.2 Å². The van der Waals surface area contributed by atoms with Gasteiger partial charge in [-0.25, -0.2) is 8.78 Å². The molecule has 4 rings (SSSR count). The summed E-state index contributed by atoms with van der Waals surface area (Å²) < 4.78 is 64.1. The summed E-state index contributed by atoms with van der Waals surface area (Å²) in [6.45, 7) is -0.466. The molecule has 0 saturated heterocycles. The number of ether oxygens (including phenoxy) is 1. The van der Waals surface area contributed by atoms with Crippen LogP contribution in [0.5, 0.6) is 5.75 Å². The van der Waals surface area contributed by atoms with Gasteiger partial charge in [0.05, 0.1) is 4.88 Å². The minimum absolute atomic E-state index is 0.0997. The molecule has 2 aromatic heterocycles. The summed E-state index contributed by atoms with van der Waals surface area (Å²) in [4.78, 5) is 14.1. The fourth-order valence-electron chi connectivity index (χ4n) is 3.03. The van der Waals surface area contributed by atoms with Crippen LogP contribution in [0.1, 0.15) is 31.6 Å². The summed E-state index contributed by atoms with van der Waals surface area (Å²) in [7, 11) is 0. The third kappa shape index (κ3) is 5.40. The Labute approximate surface area is 190 Å². The van der Waals surface area contributed by atoms with Gasteiger partial charge in [0.1, 0.15) is 18.1 Å². The minimum atomic E-state index is -1.63. The molecule has 0 aliphatic carbocycles. The van der Waals surface area contributed by atoms with Crippen LogP contribution < -0.4 is 4.74 Å². The molecule has 8 heteroatoms. The van der Waals surface area contributed by atoms with Crippen LogP contribution >= 0.6 is 11.3 Å². The first kappa shape index (κ1) is 22.5. The maximum absolute atomic E-state index is 13.7. The van der Waals surface area contributed by atoms with E-state index in [0.29, 0.717) is 10.6 Å². The standard InChI is InChI=1S/C25H16F4O3S/c26-19-13-20(27)24(29)25(23(19)28)31-14-17-7-6-16(32-17)8-10-21(30)22-11-9-18(33-22)12-15-4-2-1-3-5-15/h1-11,13H,12,14H2/b10-8+. The predicted molar refractivity (Wildman–Crippen MR) is 116 cm³/mol. The van der Waals surface area contributed by atoms with Crippen molar-refractivity contribution in [3.05, 3.63) is 117 Å². The van der Waals surface area contributed by atoms with Crippen molar-refractivity contribution in [3.63, 3.8) is 0 Å². The quantitative estimate of drug-likeness (QED) is 0.120. The number of halogens is 4. The second-order valence-electron chi connectivity index (χ2n) is 7.02. The highest BCUT2D eigenvalue weighted by atomic mass is 32.1. The molecule has 0 N–H and O–H groups in total. The third-order valence-electron chi connectivity index (χ3n) is 4.64. The number of rotatable bonds is 8. The normalized spacial score (nSPS) is 11.3. The Morgan fingerprint density at radius 1 is 0.939 bits per heavy atom. The van der Waals surface area contributed by atoms with Crippen molar-refractivity contribution in [3.8, 4) is 5.75 Å². The number of carbonyl (C=O) groups is 1. The van der Waals surface area contributed by atoms with E-state index in [1.165, 1.54) is 35.6 Å². The van der Waals surface area contributed by atoms with Crippen molar-refractivity contribution in [2.75, 3.05) is 0 Å². The van der Waals surface area contributed by atoms with Crippen LogP contribution in [-0.2, 0) is 13.0 Å². The molecule has 2 aromatic carbocycles. The van der Waals surface area contributed by atoms with Gasteiger partial charge in [0, 0.05) is 17.4 Å². The van der Waals surface area contributed by atoms with Gasteiger partial charge in [-0.3, -0.25) is 4.79 Å². The van der Waals surface area contributed by atoms with Crippen molar-refractivity contribution in [2.45, 2.75) is 13.0 Å².